The molecule has 4 fully saturated rings. The standard InChI is InChI=1S/C25H19Cl4N3O4/c1-24-7-15-17-18(22(34)31(21(17)33)10-5-13(28)20(36-2)14(29)6-10)25(32(15)16(24)8-24)11-3-9(26)4-12(27)19(11)30-23(25)35/h3-6,15-18H,7-8H2,1-2H3,(H,30,35)/t15?,16?,17?,18?,24-,25?/m1/s1. The van der Waals surface area contributed by atoms with Crippen LogP contribution in [-0.4, -0.2) is 41.8 Å². The number of nitrogens with zero attached hydrogens (tertiary/aromatic N) is 2. The number of rotatable bonds is 2. The number of nitrogens with one attached hydrogen (secondary N) is 1. The molecule has 4 aliphatic heterocycles. The molecule has 6 atom stereocenters. The van der Waals surface area contributed by atoms with Crippen molar-refractivity contribution in [2.45, 2.75) is 37.4 Å². The van der Waals surface area contributed by atoms with Crippen molar-refractivity contribution < 1.29 is 19.1 Å². The van der Waals surface area contributed by atoms with Gasteiger partial charge in [-0.15, -0.1) is 0 Å². The van der Waals surface area contributed by atoms with Gasteiger partial charge in [0.15, 0.2) is 5.75 Å². The first kappa shape index (κ1) is 23.1. The number of amides is 3. The molecule has 0 radical (unpaired) electrons. The van der Waals surface area contributed by atoms with Crippen LogP contribution in [0.5, 0.6) is 5.75 Å². The van der Waals surface area contributed by atoms with E-state index in [1.54, 1.807) is 12.1 Å². The number of methoxy groups -OCH3 is 1. The topological polar surface area (TPSA) is 79.0 Å². The molecule has 2 aromatic carbocycles. The maximum Gasteiger partial charge on any atom is 0.250 e. The van der Waals surface area contributed by atoms with Gasteiger partial charge in [-0.1, -0.05) is 53.3 Å². The number of anilines is 2. The Bertz CT molecular complexity index is 1430. The number of halogens is 4. The number of piperidine rings is 1. The van der Waals surface area contributed by atoms with Crippen LogP contribution in [0.4, 0.5) is 11.4 Å². The van der Waals surface area contributed by atoms with E-state index in [1.165, 1.54) is 19.2 Å². The summed E-state index contributed by atoms with van der Waals surface area (Å²) in [5.41, 5.74) is -0.174. The van der Waals surface area contributed by atoms with Gasteiger partial charge in [0.25, 0.3) is 5.91 Å². The number of carbonyl (C=O) groups excluding carboxylic acids is 3. The molecule has 5 aliphatic rings. The molecule has 0 bridgehead atoms. The SMILES string of the molecule is COc1c(Cl)cc(N2C(=O)C3C4C[C@]5(C)CC5N4C4(C(=O)Nc5c(Cl)cc(Cl)cc54)C3C2=O)cc1Cl. The smallest absolute Gasteiger partial charge is 0.250 e. The molecule has 3 amide bonds. The van der Waals surface area contributed by atoms with Crippen LogP contribution >= 0.6 is 46.4 Å². The molecule has 1 aliphatic carbocycles. The highest BCUT2D eigenvalue weighted by molar-refractivity contribution is 6.39. The van der Waals surface area contributed by atoms with Crippen molar-refractivity contribution in [2.24, 2.45) is 17.3 Å². The minimum absolute atomic E-state index is 0.0164. The first-order chi connectivity index (χ1) is 17.0. The molecule has 1 spiro atoms. The lowest BCUT2D eigenvalue weighted by atomic mass is 9.75. The van der Waals surface area contributed by atoms with Crippen molar-refractivity contribution in [3.63, 3.8) is 0 Å². The normalized spacial score (nSPS) is 35.7. The van der Waals surface area contributed by atoms with Gasteiger partial charge in [0.05, 0.1) is 45.4 Å². The fraction of sp³-hybridized carbons (Fsp3) is 0.400. The van der Waals surface area contributed by atoms with E-state index >= 15 is 0 Å². The Morgan fingerprint density at radius 1 is 0.972 bits per heavy atom. The van der Waals surface area contributed by atoms with Crippen LogP contribution in [0.1, 0.15) is 25.3 Å². The monoisotopic (exact) mass is 565 g/mol. The maximum atomic E-state index is 14.2. The van der Waals surface area contributed by atoms with Crippen LogP contribution in [0.3, 0.4) is 0 Å². The van der Waals surface area contributed by atoms with Crippen LogP contribution in [-0.2, 0) is 19.9 Å². The van der Waals surface area contributed by atoms with Crippen LogP contribution < -0.4 is 15.0 Å². The molecule has 1 N–H and O–H groups in total. The molecule has 4 heterocycles. The molecule has 0 aromatic heterocycles. The second-order valence-electron chi connectivity index (χ2n) is 10.5. The second kappa shape index (κ2) is 7.08. The van der Waals surface area contributed by atoms with Crippen LogP contribution in [0.2, 0.25) is 20.1 Å². The van der Waals surface area contributed by atoms with Crippen LogP contribution in [0.15, 0.2) is 24.3 Å². The third kappa shape index (κ3) is 2.54. The Morgan fingerprint density at radius 3 is 2.33 bits per heavy atom. The van der Waals surface area contributed by atoms with E-state index in [0.29, 0.717) is 27.7 Å². The average molecular weight is 567 g/mol. The van der Waals surface area contributed by atoms with E-state index in [-0.39, 0.29) is 50.8 Å². The predicted molar refractivity (Wildman–Crippen MR) is 136 cm³/mol. The summed E-state index contributed by atoms with van der Waals surface area (Å²) < 4.78 is 5.22. The van der Waals surface area contributed by atoms with Crippen molar-refractivity contribution >= 4 is 75.5 Å². The summed E-state index contributed by atoms with van der Waals surface area (Å²) in [6.45, 7) is 2.17. The summed E-state index contributed by atoms with van der Waals surface area (Å²) in [6, 6.07) is 6.03. The minimum atomic E-state index is -1.39. The molecule has 11 heteroatoms. The Balaban J connectivity index is 1.44. The van der Waals surface area contributed by atoms with Crippen molar-refractivity contribution in [2.75, 3.05) is 17.3 Å². The number of hydrogen-bond donors (Lipinski definition) is 1. The van der Waals surface area contributed by atoms with Crippen molar-refractivity contribution in [1.29, 1.82) is 0 Å². The van der Waals surface area contributed by atoms with E-state index in [2.05, 4.69) is 17.1 Å². The zero-order valence-electron chi connectivity index (χ0n) is 19.1. The van der Waals surface area contributed by atoms with E-state index < -0.39 is 23.3 Å². The summed E-state index contributed by atoms with van der Waals surface area (Å²) in [5.74, 6) is -2.61. The Kier molecular flexibility index (Phi) is 4.55. The van der Waals surface area contributed by atoms with Gasteiger partial charge in [-0.3, -0.25) is 19.3 Å². The summed E-state index contributed by atoms with van der Waals surface area (Å²) in [5, 5.41) is 3.91. The number of ether oxygens (including phenoxy) is 1. The number of hydrogen-bond acceptors (Lipinski definition) is 5. The molecule has 2 aromatic rings. The van der Waals surface area contributed by atoms with Crippen LogP contribution in [0, 0.1) is 17.3 Å². The van der Waals surface area contributed by atoms with E-state index in [4.69, 9.17) is 51.1 Å². The minimum Gasteiger partial charge on any atom is -0.494 e. The fourth-order valence-corrected chi connectivity index (χ4v) is 8.52. The van der Waals surface area contributed by atoms with Gasteiger partial charge in [0.2, 0.25) is 11.8 Å². The number of fused-ring (bicyclic) bond motifs is 9. The largest absolute Gasteiger partial charge is 0.494 e. The maximum absolute atomic E-state index is 14.2. The summed E-state index contributed by atoms with van der Waals surface area (Å²) in [7, 11) is 1.43. The number of benzene rings is 2. The number of carbonyl (C=O) groups is 3. The van der Waals surface area contributed by atoms with Crippen molar-refractivity contribution in [3.8, 4) is 5.75 Å². The lowest BCUT2D eigenvalue weighted by molar-refractivity contribution is -0.136. The lowest BCUT2D eigenvalue weighted by Crippen LogP contribution is -2.55. The molecule has 7 rings (SSSR count). The van der Waals surface area contributed by atoms with Crippen LogP contribution in [0.25, 0.3) is 0 Å². The molecular weight excluding hydrogens is 548 g/mol. The van der Waals surface area contributed by atoms with Gasteiger partial charge in [-0.2, -0.15) is 0 Å². The summed E-state index contributed by atoms with van der Waals surface area (Å²) in [4.78, 5) is 45.4. The van der Waals surface area contributed by atoms with Gasteiger partial charge in [-0.25, -0.2) is 4.90 Å². The molecule has 7 nitrogen and oxygen atoms in total. The summed E-state index contributed by atoms with van der Waals surface area (Å²) >= 11 is 25.6. The highest BCUT2D eigenvalue weighted by Crippen LogP contribution is 2.72. The van der Waals surface area contributed by atoms with Gasteiger partial charge in [0, 0.05) is 22.7 Å². The first-order valence-corrected chi connectivity index (χ1v) is 13.1. The summed E-state index contributed by atoms with van der Waals surface area (Å²) in [6.07, 6.45) is 1.62. The second-order valence-corrected chi connectivity index (χ2v) is 12.2. The quantitative estimate of drug-likeness (QED) is 0.510. The lowest BCUT2D eigenvalue weighted by Gasteiger charge is -2.38. The third-order valence-corrected chi connectivity index (χ3v) is 9.87. The van der Waals surface area contributed by atoms with Crippen molar-refractivity contribution in [3.05, 3.63) is 49.9 Å². The van der Waals surface area contributed by atoms with Gasteiger partial charge < -0.3 is 10.1 Å². The molecule has 36 heavy (non-hydrogen) atoms. The Hall–Kier alpha value is -2.03. The Labute approximate surface area is 226 Å². The molecule has 1 saturated carbocycles. The molecule has 3 saturated heterocycles. The molecule has 186 valence electrons. The Morgan fingerprint density at radius 2 is 1.67 bits per heavy atom. The predicted octanol–water partition coefficient (Wildman–Crippen LogP) is 5.13. The van der Waals surface area contributed by atoms with Gasteiger partial charge >= 0.3 is 0 Å². The third-order valence-electron chi connectivity index (χ3n) is 8.79. The van der Waals surface area contributed by atoms with Gasteiger partial charge in [-0.05, 0) is 42.5 Å². The van der Waals surface area contributed by atoms with E-state index in [0.717, 1.165) is 11.3 Å². The first-order valence-electron chi connectivity index (χ1n) is 11.5. The van der Waals surface area contributed by atoms with E-state index in [1.807, 2.05) is 0 Å². The average Bonchev–Trinajstić information content (AvgIpc) is 3.03. The number of imide groups is 1. The zero-order valence-corrected chi connectivity index (χ0v) is 22.1. The highest BCUT2D eigenvalue weighted by Gasteiger charge is 2.81. The highest BCUT2D eigenvalue weighted by atomic mass is 35.5. The fourth-order valence-electron chi connectivity index (χ4n) is 7.35. The van der Waals surface area contributed by atoms with E-state index in [9.17, 15) is 14.4 Å². The molecule has 5 unspecified atom stereocenters. The zero-order chi connectivity index (χ0) is 25.5. The molecular formula is C25H19Cl4N3O4. The van der Waals surface area contributed by atoms with Gasteiger partial charge in [0.1, 0.15) is 5.54 Å². The van der Waals surface area contributed by atoms with Crippen molar-refractivity contribution in [1.82, 2.24) is 4.90 Å².